The first kappa shape index (κ1) is 19.6. The van der Waals surface area contributed by atoms with Gasteiger partial charge in [0.15, 0.2) is 0 Å². The van der Waals surface area contributed by atoms with Crippen LogP contribution in [-0.2, 0) is 6.54 Å². The lowest BCUT2D eigenvalue weighted by molar-refractivity contribution is -0.384. The second kappa shape index (κ2) is 8.36. The van der Waals surface area contributed by atoms with E-state index in [2.05, 4.69) is 15.1 Å². The summed E-state index contributed by atoms with van der Waals surface area (Å²) in [6, 6.07) is 12.0. The number of piperazine rings is 1. The maximum Gasteiger partial charge on any atom is 0.294 e. The fourth-order valence-corrected chi connectivity index (χ4v) is 3.57. The molecule has 3 aromatic rings. The molecule has 0 saturated carbocycles. The van der Waals surface area contributed by atoms with Crippen LogP contribution in [-0.4, -0.2) is 46.2 Å². The zero-order chi connectivity index (χ0) is 20.4. The van der Waals surface area contributed by atoms with Crippen LogP contribution in [0, 0.1) is 10.1 Å². The van der Waals surface area contributed by atoms with Gasteiger partial charge in [0.2, 0.25) is 11.8 Å². The number of hydrogen-bond acceptors (Lipinski definition) is 7. The van der Waals surface area contributed by atoms with Gasteiger partial charge >= 0.3 is 0 Å². The molecule has 10 heteroatoms. The van der Waals surface area contributed by atoms with E-state index in [-0.39, 0.29) is 5.69 Å². The molecule has 1 aliphatic rings. The number of hydrogen-bond donors (Lipinski definition) is 0. The SMILES string of the molecule is O=[N+]([O-])c1cc(Cl)ccc1N1CCN(Cc2nnc(-c3ccc(Cl)cc3)o2)CC1. The van der Waals surface area contributed by atoms with Crippen molar-refractivity contribution in [2.24, 2.45) is 0 Å². The van der Waals surface area contributed by atoms with E-state index in [0.717, 1.165) is 18.7 Å². The molecule has 1 saturated heterocycles. The van der Waals surface area contributed by atoms with Crippen LogP contribution in [0.1, 0.15) is 5.89 Å². The Hall–Kier alpha value is -2.68. The van der Waals surface area contributed by atoms with Gasteiger partial charge < -0.3 is 9.32 Å². The Morgan fingerprint density at radius 3 is 2.38 bits per heavy atom. The van der Waals surface area contributed by atoms with Crippen molar-refractivity contribution in [2.75, 3.05) is 31.1 Å². The van der Waals surface area contributed by atoms with Crippen LogP contribution in [0.2, 0.25) is 10.0 Å². The van der Waals surface area contributed by atoms with E-state index in [1.54, 1.807) is 24.3 Å². The van der Waals surface area contributed by atoms with Crippen molar-refractivity contribution in [3.05, 3.63) is 68.5 Å². The van der Waals surface area contributed by atoms with Gasteiger partial charge in [-0.25, -0.2) is 0 Å². The smallest absolute Gasteiger partial charge is 0.294 e. The molecule has 2 aromatic carbocycles. The van der Waals surface area contributed by atoms with Crippen molar-refractivity contribution >= 4 is 34.6 Å². The molecule has 0 N–H and O–H groups in total. The van der Waals surface area contributed by atoms with E-state index in [1.165, 1.54) is 6.07 Å². The molecule has 0 unspecified atom stereocenters. The molecule has 29 heavy (non-hydrogen) atoms. The minimum absolute atomic E-state index is 0.0236. The minimum Gasteiger partial charge on any atom is -0.419 e. The third-order valence-corrected chi connectivity index (χ3v) is 5.25. The maximum absolute atomic E-state index is 11.3. The van der Waals surface area contributed by atoms with E-state index in [4.69, 9.17) is 27.6 Å². The zero-order valence-corrected chi connectivity index (χ0v) is 16.8. The largest absolute Gasteiger partial charge is 0.419 e. The lowest BCUT2D eigenvalue weighted by atomic mass is 10.2. The number of halogens is 2. The van der Waals surface area contributed by atoms with Gasteiger partial charge in [-0.15, -0.1) is 10.2 Å². The van der Waals surface area contributed by atoms with Gasteiger partial charge in [0, 0.05) is 47.9 Å². The Kier molecular flexibility index (Phi) is 5.66. The van der Waals surface area contributed by atoms with Gasteiger partial charge in [-0.2, -0.15) is 0 Å². The summed E-state index contributed by atoms with van der Waals surface area (Å²) in [7, 11) is 0. The average Bonchev–Trinajstić information content (AvgIpc) is 3.17. The molecule has 0 bridgehead atoms. The summed E-state index contributed by atoms with van der Waals surface area (Å²) in [6.07, 6.45) is 0. The Morgan fingerprint density at radius 2 is 1.69 bits per heavy atom. The summed E-state index contributed by atoms with van der Waals surface area (Å²) in [4.78, 5) is 15.1. The summed E-state index contributed by atoms with van der Waals surface area (Å²) >= 11 is 11.8. The van der Waals surface area contributed by atoms with Gasteiger partial charge in [0.1, 0.15) is 5.69 Å². The highest BCUT2D eigenvalue weighted by Gasteiger charge is 2.25. The Morgan fingerprint density at radius 1 is 1.00 bits per heavy atom. The predicted molar refractivity (Wildman–Crippen MR) is 110 cm³/mol. The number of aromatic nitrogens is 2. The van der Waals surface area contributed by atoms with Crippen LogP contribution in [0.4, 0.5) is 11.4 Å². The summed E-state index contributed by atoms with van der Waals surface area (Å²) < 4.78 is 5.76. The molecule has 0 aliphatic carbocycles. The highest BCUT2D eigenvalue weighted by molar-refractivity contribution is 6.31. The molecule has 0 radical (unpaired) electrons. The first-order chi connectivity index (χ1) is 14.0. The highest BCUT2D eigenvalue weighted by Crippen LogP contribution is 2.31. The van der Waals surface area contributed by atoms with Crippen molar-refractivity contribution < 1.29 is 9.34 Å². The van der Waals surface area contributed by atoms with E-state index >= 15 is 0 Å². The van der Waals surface area contributed by atoms with E-state index in [1.807, 2.05) is 17.0 Å². The number of nitro benzene ring substituents is 1. The summed E-state index contributed by atoms with van der Waals surface area (Å²) in [5.74, 6) is 0.980. The zero-order valence-electron chi connectivity index (χ0n) is 15.3. The molecule has 4 rings (SSSR count). The second-order valence-electron chi connectivity index (χ2n) is 6.66. The van der Waals surface area contributed by atoms with Crippen LogP contribution < -0.4 is 4.90 Å². The lowest BCUT2D eigenvalue weighted by Crippen LogP contribution is -2.46. The van der Waals surface area contributed by atoms with Gasteiger partial charge in [-0.1, -0.05) is 23.2 Å². The summed E-state index contributed by atoms with van der Waals surface area (Å²) in [6.45, 7) is 3.27. The second-order valence-corrected chi connectivity index (χ2v) is 7.53. The van der Waals surface area contributed by atoms with Crippen LogP contribution >= 0.6 is 23.2 Å². The molecule has 0 spiro atoms. The monoisotopic (exact) mass is 433 g/mol. The minimum atomic E-state index is -0.398. The van der Waals surface area contributed by atoms with Gasteiger partial charge in [0.05, 0.1) is 11.5 Å². The van der Waals surface area contributed by atoms with Crippen LogP contribution in [0.25, 0.3) is 11.5 Å². The fourth-order valence-electron chi connectivity index (χ4n) is 3.28. The van der Waals surface area contributed by atoms with E-state index in [9.17, 15) is 10.1 Å². The van der Waals surface area contributed by atoms with Crippen molar-refractivity contribution in [1.82, 2.24) is 15.1 Å². The van der Waals surface area contributed by atoms with Crippen molar-refractivity contribution in [3.63, 3.8) is 0 Å². The molecule has 8 nitrogen and oxygen atoms in total. The lowest BCUT2D eigenvalue weighted by Gasteiger charge is -2.35. The predicted octanol–water partition coefficient (Wildman–Crippen LogP) is 4.27. The normalized spacial score (nSPS) is 14.9. The number of rotatable bonds is 5. The Labute approximate surface area is 176 Å². The molecule has 1 aliphatic heterocycles. The summed E-state index contributed by atoms with van der Waals surface area (Å²) in [5.41, 5.74) is 1.42. The Balaban J connectivity index is 1.39. The number of anilines is 1. The van der Waals surface area contributed by atoms with Crippen molar-refractivity contribution in [2.45, 2.75) is 6.54 Å². The molecule has 150 valence electrons. The van der Waals surface area contributed by atoms with Crippen molar-refractivity contribution in [3.8, 4) is 11.5 Å². The molecular weight excluding hydrogens is 417 g/mol. The number of benzene rings is 2. The topological polar surface area (TPSA) is 88.5 Å². The maximum atomic E-state index is 11.3. The third-order valence-electron chi connectivity index (χ3n) is 4.76. The molecular formula is C19H17Cl2N5O3. The third kappa shape index (κ3) is 4.50. The molecule has 0 amide bonds. The average molecular weight is 434 g/mol. The van der Waals surface area contributed by atoms with Crippen LogP contribution in [0.3, 0.4) is 0 Å². The van der Waals surface area contributed by atoms with Gasteiger partial charge in [0.25, 0.3) is 5.69 Å². The molecule has 1 fully saturated rings. The first-order valence-corrected chi connectivity index (χ1v) is 9.75. The molecule has 1 aromatic heterocycles. The first-order valence-electron chi connectivity index (χ1n) is 8.99. The quantitative estimate of drug-likeness (QED) is 0.438. The number of nitro groups is 1. The van der Waals surface area contributed by atoms with Gasteiger partial charge in [-0.05, 0) is 36.4 Å². The summed E-state index contributed by atoms with van der Waals surface area (Å²) in [5, 5.41) is 20.6. The molecule has 0 atom stereocenters. The van der Waals surface area contributed by atoms with Gasteiger partial charge in [-0.3, -0.25) is 15.0 Å². The highest BCUT2D eigenvalue weighted by atomic mass is 35.5. The van der Waals surface area contributed by atoms with E-state index < -0.39 is 4.92 Å². The fraction of sp³-hybridized carbons (Fsp3) is 0.263. The molecule has 2 heterocycles. The van der Waals surface area contributed by atoms with Crippen LogP contribution in [0.5, 0.6) is 0 Å². The van der Waals surface area contributed by atoms with Crippen molar-refractivity contribution in [1.29, 1.82) is 0 Å². The number of nitrogens with zero attached hydrogens (tertiary/aromatic N) is 5. The van der Waals surface area contributed by atoms with E-state index in [0.29, 0.717) is 47.1 Å². The standard InChI is InChI=1S/C19H17Cl2N5O3/c20-14-3-1-13(2-4-14)19-23-22-18(29-19)12-24-7-9-25(10-8-24)16-6-5-15(21)11-17(16)26(27)28/h1-6,11H,7-10,12H2. The van der Waals surface area contributed by atoms with Crippen LogP contribution in [0.15, 0.2) is 46.9 Å². The Bertz CT molecular complexity index is 1020.